The quantitative estimate of drug-likeness (QED) is 0.716. The number of anilines is 1. The van der Waals surface area contributed by atoms with Gasteiger partial charge in [-0.1, -0.05) is 29.8 Å². The van der Waals surface area contributed by atoms with E-state index in [0.29, 0.717) is 18.0 Å². The molecule has 1 amide bonds. The van der Waals surface area contributed by atoms with E-state index in [9.17, 15) is 9.59 Å². The standard InChI is InChI=1S/C20H19N3O3/c1-14-5-7-17(8-6-14)26-12-11-19(24)21-16-4-2-3-15(13-16)18-9-10-20(25)23-22-18/h2-10,13H,11-12H2,1H3,(H,21,24)(H,23,25). The third-order valence-electron chi connectivity index (χ3n) is 3.74. The van der Waals surface area contributed by atoms with E-state index in [2.05, 4.69) is 15.5 Å². The molecular weight excluding hydrogens is 330 g/mol. The normalized spacial score (nSPS) is 10.3. The number of carbonyl (C=O) groups is 1. The molecule has 0 atom stereocenters. The molecule has 2 aromatic carbocycles. The summed E-state index contributed by atoms with van der Waals surface area (Å²) in [6, 6.07) is 18.0. The van der Waals surface area contributed by atoms with Crippen molar-refractivity contribution in [3.05, 3.63) is 76.6 Å². The van der Waals surface area contributed by atoms with Crippen molar-refractivity contribution in [2.24, 2.45) is 0 Å². The fraction of sp³-hybridized carbons (Fsp3) is 0.150. The number of rotatable bonds is 6. The van der Waals surface area contributed by atoms with Gasteiger partial charge in [-0.05, 0) is 37.3 Å². The van der Waals surface area contributed by atoms with E-state index in [1.807, 2.05) is 43.3 Å². The first-order valence-corrected chi connectivity index (χ1v) is 8.26. The molecule has 0 saturated carbocycles. The molecule has 6 nitrogen and oxygen atoms in total. The van der Waals surface area contributed by atoms with Gasteiger partial charge >= 0.3 is 0 Å². The SMILES string of the molecule is Cc1ccc(OCCC(=O)Nc2cccc(-c3ccc(=O)[nH]n3)c2)cc1. The zero-order valence-corrected chi connectivity index (χ0v) is 14.4. The van der Waals surface area contributed by atoms with Crippen LogP contribution in [0.5, 0.6) is 5.75 Å². The average Bonchev–Trinajstić information content (AvgIpc) is 2.64. The van der Waals surface area contributed by atoms with Gasteiger partial charge < -0.3 is 10.1 Å². The summed E-state index contributed by atoms with van der Waals surface area (Å²) in [5, 5.41) is 9.22. The molecule has 3 aromatic rings. The molecule has 0 saturated heterocycles. The first-order valence-electron chi connectivity index (χ1n) is 8.26. The molecule has 1 heterocycles. The van der Waals surface area contributed by atoms with Gasteiger partial charge in [0, 0.05) is 17.3 Å². The van der Waals surface area contributed by atoms with Crippen LogP contribution in [-0.2, 0) is 4.79 Å². The predicted molar refractivity (Wildman–Crippen MR) is 100 cm³/mol. The summed E-state index contributed by atoms with van der Waals surface area (Å²) < 4.78 is 5.57. The van der Waals surface area contributed by atoms with E-state index < -0.39 is 0 Å². The smallest absolute Gasteiger partial charge is 0.264 e. The fourth-order valence-corrected chi connectivity index (χ4v) is 2.38. The number of hydrogen-bond donors (Lipinski definition) is 2. The lowest BCUT2D eigenvalue weighted by Crippen LogP contribution is -2.15. The number of benzene rings is 2. The predicted octanol–water partition coefficient (Wildman–Crippen LogP) is 3.15. The number of carbonyl (C=O) groups excluding carboxylic acids is 1. The average molecular weight is 349 g/mol. The van der Waals surface area contributed by atoms with Crippen LogP contribution < -0.4 is 15.6 Å². The number of amides is 1. The van der Waals surface area contributed by atoms with E-state index in [1.54, 1.807) is 18.2 Å². The van der Waals surface area contributed by atoms with Crippen molar-refractivity contribution in [3.63, 3.8) is 0 Å². The Morgan fingerprint density at radius 2 is 1.92 bits per heavy atom. The van der Waals surface area contributed by atoms with Gasteiger partial charge in [0.1, 0.15) is 5.75 Å². The van der Waals surface area contributed by atoms with Gasteiger partial charge in [-0.15, -0.1) is 0 Å². The minimum atomic E-state index is -0.258. The Morgan fingerprint density at radius 1 is 1.12 bits per heavy atom. The minimum Gasteiger partial charge on any atom is -0.493 e. The minimum absolute atomic E-state index is 0.135. The first-order chi connectivity index (χ1) is 12.6. The van der Waals surface area contributed by atoms with Gasteiger partial charge in [0.25, 0.3) is 5.56 Å². The van der Waals surface area contributed by atoms with Crippen molar-refractivity contribution in [1.29, 1.82) is 0 Å². The number of aromatic nitrogens is 2. The summed E-state index contributed by atoms with van der Waals surface area (Å²) in [7, 11) is 0. The number of nitrogens with one attached hydrogen (secondary N) is 2. The summed E-state index contributed by atoms with van der Waals surface area (Å²) >= 11 is 0. The van der Waals surface area contributed by atoms with Gasteiger partial charge in [0.05, 0.1) is 18.7 Å². The fourth-order valence-electron chi connectivity index (χ4n) is 2.38. The maximum Gasteiger partial charge on any atom is 0.264 e. The Balaban J connectivity index is 1.55. The Hall–Kier alpha value is -3.41. The van der Waals surface area contributed by atoms with E-state index in [4.69, 9.17) is 4.74 Å². The van der Waals surface area contributed by atoms with Crippen molar-refractivity contribution >= 4 is 11.6 Å². The molecule has 3 rings (SSSR count). The molecule has 1 aromatic heterocycles. The molecule has 0 aliphatic rings. The summed E-state index contributed by atoms with van der Waals surface area (Å²) in [4.78, 5) is 23.2. The highest BCUT2D eigenvalue weighted by Crippen LogP contribution is 2.20. The number of aryl methyl sites for hydroxylation is 1. The van der Waals surface area contributed by atoms with Crippen molar-refractivity contribution in [2.75, 3.05) is 11.9 Å². The Kier molecular flexibility index (Phi) is 5.43. The van der Waals surface area contributed by atoms with Crippen LogP contribution in [0.2, 0.25) is 0 Å². The highest BCUT2D eigenvalue weighted by Gasteiger charge is 2.06. The topological polar surface area (TPSA) is 84.1 Å². The van der Waals surface area contributed by atoms with Crippen molar-refractivity contribution in [3.8, 4) is 17.0 Å². The van der Waals surface area contributed by atoms with Gasteiger partial charge in [-0.2, -0.15) is 5.10 Å². The van der Waals surface area contributed by atoms with E-state index in [-0.39, 0.29) is 17.9 Å². The van der Waals surface area contributed by atoms with E-state index in [1.165, 1.54) is 6.07 Å². The van der Waals surface area contributed by atoms with Gasteiger partial charge in [0.2, 0.25) is 5.91 Å². The lowest BCUT2D eigenvalue weighted by Gasteiger charge is -2.09. The summed E-state index contributed by atoms with van der Waals surface area (Å²) in [6.07, 6.45) is 0.245. The third-order valence-corrected chi connectivity index (χ3v) is 3.74. The molecule has 0 aliphatic heterocycles. The molecule has 26 heavy (non-hydrogen) atoms. The summed E-state index contributed by atoms with van der Waals surface area (Å²) in [5.74, 6) is 0.609. The van der Waals surface area contributed by atoms with Gasteiger partial charge in [-0.3, -0.25) is 9.59 Å². The number of aromatic amines is 1. The summed E-state index contributed by atoms with van der Waals surface area (Å²) in [5.41, 5.74) is 2.99. The van der Waals surface area contributed by atoms with Crippen molar-refractivity contribution in [2.45, 2.75) is 13.3 Å². The largest absolute Gasteiger partial charge is 0.493 e. The highest BCUT2D eigenvalue weighted by molar-refractivity contribution is 5.91. The van der Waals surface area contributed by atoms with Crippen LogP contribution in [0.3, 0.4) is 0 Å². The Bertz CT molecular complexity index is 929. The number of nitrogens with zero attached hydrogens (tertiary/aromatic N) is 1. The van der Waals surface area contributed by atoms with Crippen LogP contribution in [0.25, 0.3) is 11.3 Å². The zero-order valence-electron chi connectivity index (χ0n) is 14.4. The third kappa shape index (κ3) is 4.80. The van der Waals surface area contributed by atoms with E-state index >= 15 is 0 Å². The second kappa shape index (κ2) is 8.11. The molecule has 132 valence electrons. The molecular formula is C20H19N3O3. The maximum atomic E-state index is 12.1. The second-order valence-electron chi connectivity index (χ2n) is 5.85. The Labute approximate surface area is 150 Å². The monoisotopic (exact) mass is 349 g/mol. The lowest BCUT2D eigenvalue weighted by molar-refractivity contribution is -0.116. The van der Waals surface area contributed by atoms with Crippen molar-refractivity contribution in [1.82, 2.24) is 10.2 Å². The van der Waals surface area contributed by atoms with Crippen LogP contribution in [0.4, 0.5) is 5.69 Å². The summed E-state index contributed by atoms with van der Waals surface area (Å²) in [6.45, 7) is 2.31. The molecule has 0 unspecified atom stereocenters. The van der Waals surface area contributed by atoms with Crippen LogP contribution >= 0.6 is 0 Å². The number of ether oxygens (including phenoxy) is 1. The lowest BCUT2D eigenvalue weighted by atomic mass is 10.1. The maximum absolute atomic E-state index is 12.1. The molecule has 0 radical (unpaired) electrons. The highest BCUT2D eigenvalue weighted by atomic mass is 16.5. The number of H-pyrrole nitrogens is 1. The number of hydrogen-bond acceptors (Lipinski definition) is 4. The second-order valence-corrected chi connectivity index (χ2v) is 5.85. The van der Waals surface area contributed by atoms with Crippen LogP contribution in [0.1, 0.15) is 12.0 Å². The molecule has 0 aliphatic carbocycles. The molecule has 0 spiro atoms. The molecule has 2 N–H and O–H groups in total. The molecule has 0 fully saturated rings. The van der Waals surface area contributed by atoms with Crippen LogP contribution in [0.15, 0.2) is 65.5 Å². The molecule has 0 bridgehead atoms. The van der Waals surface area contributed by atoms with E-state index in [0.717, 1.165) is 16.9 Å². The van der Waals surface area contributed by atoms with Crippen LogP contribution in [-0.4, -0.2) is 22.7 Å². The first kappa shape index (κ1) is 17.4. The zero-order chi connectivity index (χ0) is 18.4. The van der Waals surface area contributed by atoms with Crippen LogP contribution in [0, 0.1) is 6.92 Å². The van der Waals surface area contributed by atoms with Crippen molar-refractivity contribution < 1.29 is 9.53 Å². The molecule has 6 heteroatoms. The van der Waals surface area contributed by atoms with Gasteiger partial charge in [0.15, 0.2) is 0 Å². The Morgan fingerprint density at radius 3 is 2.65 bits per heavy atom. The van der Waals surface area contributed by atoms with Gasteiger partial charge in [-0.25, -0.2) is 5.10 Å².